The normalized spacial score (nSPS) is 11.3. The molecule has 0 saturated carbocycles. The molecule has 0 spiro atoms. The first-order chi connectivity index (χ1) is 13.2. The number of rotatable bonds is 6. The minimum absolute atomic E-state index is 0.233. The second kappa shape index (κ2) is 8.63. The Bertz CT molecular complexity index is 950. The van der Waals surface area contributed by atoms with Crippen molar-refractivity contribution in [2.45, 2.75) is 6.04 Å². The number of ether oxygens (including phenoxy) is 1. The van der Waals surface area contributed by atoms with E-state index in [1.807, 2.05) is 54.6 Å². The van der Waals surface area contributed by atoms with Gasteiger partial charge in [-0.05, 0) is 29.3 Å². The lowest BCUT2D eigenvalue weighted by Gasteiger charge is -2.14. The highest BCUT2D eigenvalue weighted by Crippen LogP contribution is 2.29. The molecule has 0 fully saturated rings. The summed E-state index contributed by atoms with van der Waals surface area (Å²) in [6.45, 7) is -0.233. The van der Waals surface area contributed by atoms with Gasteiger partial charge in [-0.2, -0.15) is 5.26 Å². The Balaban J connectivity index is 1.66. The van der Waals surface area contributed by atoms with Crippen LogP contribution in [-0.4, -0.2) is 12.5 Å². The Morgan fingerprint density at radius 2 is 1.67 bits per heavy atom. The fraction of sp³-hybridized carbons (Fsp3) is 0.0909. The third-order valence-corrected chi connectivity index (χ3v) is 3.97. The SMILES string of the molecule is N#C[C@@H](NC(=O)COc1ccccc1-c1ccccc1)c1ccc(F)cc1. The highest BCUT2D eigenvalue weighted by atomic mass is 19.1. The molecule has 4 nitrogen and oxygen atoms in total. The molecule has 0 aliphatic rings. The van der Waals surface area contributed by atoms with Crippen LogP contribution in [0.3, 0.4) is 0 Å². The Morgan fingerprint density at radius 3 is 2.37 bits per heavy atom. The zero-order valence-electron chi connectivity index (χ0n) is 14.4. The number of hydrogen-bond donors (Lipinski definition) is 1. The molecule has 0 bridgehead atoms. The average molecular weight is 360 g/mol. The largest absolute Gasteiger partial charge is 0.483 e. The maximum Gasteiger partial charge on any atom is 0.259 e. The quantitative estimate of drug-likeness (QED) is 0.715. The predicted octanol–water partition coefficient (Wildman–Crippen LogP) is 4.25. The van der Waals surface area contributed by atoms with Gasteiger partial charge in [0, 0.05) is 5.56 Å². The van der Waals surface area contributed by atoms with Crippen LogP contribution in [0, 0.1) is 17.1 Å². The maximum absolute atomic E-state index is 13.0. The van der Waals surface area contributed by atoms with Crippen molar-refractivity contribution in [1.29, 1.82) is 5.26 Å². The van der Waals surface area contributed by atoms with Gasteiger partial charge in [0.1, 0.15) is 17.6 Å². The van der Waals surface area contributed by atoms with E-state index in [1.54, 1.807) is 6.07 Å². The van der Waals surface area contributed by atoms with E-state index in [-0.39, 0.29) is 6.61 Å². The predicted molar refractivity (Wildman–Crippen MR) is 100 cm³/mol. The number of nitriles is 1. The molecule has 0 aromatic heterocycles. The average Bonchev–Trinajstić information content (AvgIpc) is 2.72. The number of halogens is 1. The molecule has 0 radical (unpaired) electrons. The molecule has 0 saturated heterocycles. The molecule has 5 heteroatoms. The number of para-hydroxylation sites is 1. The van der Waals surface area contributed by atoms with E-state index in [4.69, 9.17) is 4.74 Å². The van der Waals surface area contributed by atoms with Gasteiger partial charge < -0.3 is 10.1 Å². The van der Waals surface area contributed by atoms with E-state index in [2.05, 4.69) is 5.32 Å². The van der Waals surface area contributed by atoms with E-state index in [0.717, 1.165) is 11.1 Å². The fourth-order valence-corrected chi connectivity index (χ4v) is 2.64. The molecule has 0 unspecified atom stereocenters. The van der Waals surface area contributed by atoms with Crippen LogP contribution in [0.4, 0.5) is 4.39 Å². The Hall–Kier alpha value is -3.65. The van der Waals surface area contributed by atoms with Gasteiger partial charge in [-0.1, -0.05) is 60.7 Å². The monoisotopic (exact) mass is 360 g/mol. The number of amides is 1. The molecule has 0 aliphatic heterocycles. The second-order valence-electron chi connectivity index (χ2n) is 5.83. The summed E-state index contributed by atoms with van der Waals surface area (Å²) in [4.78, 5) is 12.2. The maximum atomic E-state index is 13.0. The first kappa shape index (κ1) is 18.2. The summed E-state index contributed by atoms with van der Waals surface area (Å²) in [5, 5.41) is 11.9. The van der Waals surface area contributed by atoms with E-state index in [9.17, 15) is 14.4 Å². The lowest BCUT2D eigenvalue weighted by molar-refractivity contribution is -0.123. The molecule has 3 aromatic rings. The van der Waals surface area contributed by atoms with Gasteiger partial charge in [-0.25, -0.2) is 4.39 Å². The minimum atomic E-state index is -0.869. The van der Waals surface area contributed by atoms with Crippen LogP contribution < -0.4 is 10.1 Å². The smallest absolute Gasteiger partial charge is 0.259 e. The van der Waals surface area contributed by atoms with Gasteiger partial charge in [0.05, 0.1) is 6.07 Å². The summed E-state index contributed by atoms with van der Waals surface area (Å²) in [7, 11) is 0. The van der Waals surface area contributed by atoms with Crippen molar-refractivity contribution < 1.29 is 13.9 Å². The third-order valence-electron chi connectivity index (χ3n) is 3.97. The summed E-state index contributed by atoms with van der Waals surface area (Å²) >= 11 is 0. The Morgan fingerprint density at radius 1 is 1.00 bits per heavy atom. The van der Waals surface area contributed by atoms with Gasteiger partial charge >= 0.3 is 0 Å². The summed E-state index contributed by atoms with van der Waals surface area (Å²) in [6, 6.07) is 23.7. The van der Waals surface area contributed by atoms with Crippen molar-refractivity contribution in [3.05, 3.63) is 90.2 Å². The molecule has 1 amide bonds. The zero-order chi connectivity index (χ0) is 19.1. The van der Waals surface area contributed by atoms with E-state index >= 15 is 0 Å². The van der Waals surface area contributed by atoms with E-state index in [0.29, 0.717) is 11.3 Å². The number of benzene rings is 3. The first-order valence-corrected chi connectivity index (χ1v) is 8.39. The highest BCUT2D eigenvalue weighted by Gasteiger charge is 2.15. The van der Waals surface area contributed by atoms with Crippen molar-refractivity contribution in [3.8, 4) is 22.9 Å². The number of nitrogens with one attached hydrogen (secondary N) is 1. The Labute approximate surface area is 156 Å². The molecule has 3 aromatic carbocycles. The van der Waals surface area contributed by atoms with Gasteiger partial charge in [0.25, 0.3) is 5.91 Å². The van der Waals surface area contributed by atoms with Crippen molar-refractivity contribution in [2.75, 3.05) is 6.61 Å². The molecule has 27 heavy (non-hydrogen) atoms. The summed E-state index contributed by atoms with van der Waals surface area (Å²) in [5.74, 6) is -0.259. The third kappa shape index (κ3) is 4.71. The number of nitrogens with zero attached hydrogens (tertiary/aromatic N) is 1. The van der Waals surface area contributed by atoms with Crippen LogP contribution in [0.15, 0.2) is 78.9 Å². The lowest BCUT2D eigenvalue weighted by atomic mass is 10.1. The fourth-order valence-electron chi connectivity index (χ4n) is 2.64. The number of carbonyl (C=O) groups excluding carboxylic acids is 1. The molecule has 1 N–H and O–H groups in total. The molecule has 3 rings (SSSR count). The van der Waals surface area contributed by atoms with Crippen molar-refractivity contribution in [2.24, 2.45) is 0 Å². The molecule has 134 valence electrons. The van der Waals surface area contributed by atoms with Crippen LogP contribution in [0.25, 0.3) is 11.1 Å². The van der Waals surface area contributed by atoms with Crippen LogP contribution in [-0.2, 0) is 4.79 Å². The molecule has 0 aliphatic carbocycles. The van der Waals surface area contributed by atoms with Gasteiger partial charge in [-0.15, -0.1) is 0 Å². The van der Waals surface area contributed by atoms with Gasteiger partial charge in [-0.3, -0.25) is 4.79 Å². The molecular formula is C22H17FN2O2. The summed E-state index contributed by atoms with van der Waals surface area (Å²) < 4.78 is 18.7. The summed E-state index contributed by atoms with van der Waals surface area (Å²) in [6.07, 6.45) is 0. The van der Waals surface area contributed by atoms with Crippen LogP contribution in [0.5, 0.6) is 5.75 Å². The molecule has 1 atom stereocenters. The highest BCUT2D eigenvalue weighted by molar-refractivity contribution is 5.79. The van der Waals surface area contributed by atoms with E-state index in [1.165, 1.54) is 24.3 Å². The standard InChI is InChI=1S/C22H17FN2O2/c23-18-12-10-17(11-13-18)20(14-24)25-22(26)15-27-21-9-5-4-8-19(21)16-6-2-1-3-7-16/h1-13,20H,15H2,(H,25,26)/t20-/m1/s1. The van der Waals surface area contributed by atoms with Crippen LogP contribution >= 0.6 is 0 Å². The number of carbonyl (C=O) groups is 1. The van der Waals surface area contributed by atoms with Crippen LogP contribution in [0.1, 0.15) is 11.6 Å². The second-order valence-corrected chi connectivity index (χ2v) is 5.83. The lowest BCUT2D eigenvalue weighted by Crippen LogP contribution is -2.32. The molecule has 0 heterocycles. The molecular weight excluding hydrogens is 343 g/mol. The van der Waals surface area contributed by atoms with Crippen molar-refractivity contribution in [1.82, 2.24) is 5.32 Å². The summed E-state index contributed by atoms with van der Waals surface area (Å²) in [5.41, 5.74) is 2.37. The Kier molecular flexibility index (Phi) is 5.80. The first-order valence-electron chi connectivity index (χ1n) is 8.39. The van der Waals surface area contributed by atoms with Gasteiger partial charge in [0.15, 0.2) is 6.61 Å². The van der Waals surface area contributed by atoms with Gasteiger partial charge in [0.2, 0.25) is 0 Å². The van der Waals surface area contributed by atoms with Crippen LogP contribution in [0.2, 0.25) is 0 Å². The minimum Gasteiger partial charge on any atom is -0.483 e. The van der Waals surface area contributed by atoms with E-state index < -0.39 is 17.8 Å². The van der Waals surface area contributed by atoms with Crippen molar-refractivity contribution >= 4 is 5.91 Å². The number of hydrogen-bond acceptors (Lipinski definition) is 3. The van der Waals surface area contributed by atoms with Crippen molar-refractivity contribution in [3.63, 3.8) is 0 Å². The zero-order valence-corrected chi connectivity index (χ0v) is 14.4. The topological polar surface area (TPSA) is 62.1 Å².